The van der Waals surface area contributed by atoms with Crippen LogP contribution in [0.4, 0.5) is 0 Å². The van der Waals surface area contributed by atoms with E-state index in [1.54, 1.807) is 4.68 Å². The SMILES string of the molecule is CCC(Br)c1cn(Cc2nc(C)c(C)o2)nn1. The van der Waals surface area contributed by atoms with Gasteiger partial charge in [0, 0.05) is 0 Å². The van der Waals surface area contributed by atoms with Crippen LogP contribution in [-0.2, 0) is 6.54 Å². The Kier molecular flexibility index (Phi) is 3.61. The minimum absolute atomic E-state index is 0.254. The standard InChI is InChI=1S/C11H15BrN4O/c1-4-9(12)10-5-16(15-14-10)6-11-13-7(2)8(3)17-11/h5,9H,4,6H2,1-3H3. The van der Waals surface area contributed by atoms with Crippen molar-refractivity contribution in [3.05, 3.63) is 29.2 Å². The fourth-order valence-electron chi connectivity index (χ4n) is 1.49. The van der Waals surface area contributed by atoms with E-state index >= 15 is 0 Å². The molecule has 1 unspecified atom stereocenters. The molecule has 0 aromatic carbocycles. The number of aromatic nitrogens is 4. The van der Waals surface area contributed by atoms with Crippen molar-refractivity contribution in [3.63, 3.8) is 0 Å². The summed E-state index contributed by atoms with van der Waals surface area (Å²) in [6.45, 7) is 6.45. The van der Waals surface area contributed by atoms with Crippen molar-refractivity contribution in [1.82, 2.24) is 20.0 Å². The number of aryl methyl sites for hydroxylation is 2. The summed E-state index contributed by atoms with van der Waals surface area (Å²) in [7, 11) is 0. The van der Waals surface area contributed by atoms with Crippen molar-refractivity contribution < 1.29 is 4.42 Å². The fourth-order valence-corrected chi connectivity index (χ4v) is 1.70. The van der Waals surface area contributed by atoms with Gasteiger partial charge in [-0.05, 0) is 20.3 Å². The molecule has 0 aliphatic carbocycles. The smallest absolute Gasteiger partial charge is 0.216 e. The van der Waals surface area contributed by atoms with Gasteiger partial charge in [-0.1, -0.05) is 28.1 Å². The third-order valence-corrected chi connectivity index (χ3v) is 3.72. The Morgan fingerprint density at radius 1 is 1.47 bits per heavy atom. The van der Waals surface area contributed by atoms with Gasteiger partial charge >= 0.3 is 0 Å². The van der Waals surface area contributed by atoms with E-state index in [4.69, 9.17) is 4.42 Å². The van der Waals surface area contributed by atoms with Gasteiger partial charge in [0.2, 0.25) is 5.89 Å². The second kappa shape index (κ2) is 5.00. The normalized spacial score (nSPS) is 12.9. The maximum absolute atomic E-state index is 5.50. The van der Waals surface area contributed by atoms with Crippen LogP contribution in [0.15, 0.2) is 10.6 Å². The van der Waals surface area contributed by atoms with Crippen LogP contribution in [0.2, 0.25) is 0 Å². The average molecular weight is 299 g/mol. The molecule has 2 rings (SSSR count). The fraction of sp³-hybridized carbons (Fsp3) is 0.545. The molecule has 92 valence electrons. The van der Waals surface area contributed by atoms with Gasteiger partial charge in [-0.3, -0.25) is 0 Å². The van der Waals surface area contributed by atoms with Gasteiger partial charge in [0.05, 0.1) is 22.4 Å². The van der Waals surface area contributed by atoms with E-state index < -0.39 is 0 Å². The summed E-state index contributed by atoms with van der Waals surface area (Å²) in [5.74, 6) is 1.52. The summed E-state index contributed by atoms with van der Waals surface area (Å²) < 4.78 is 7.24. The van der Waals surface area contributed by atoms with E-state index in [1.165, 1.54) is 0 Å². The van der Waals surface area contributed by atoms with Crippen molar-refractivity contribution in [3.8, 4) is 0 Å². The Balaban J connectivity index is 2.11. The van der Waals surface area contributed by atoms with E-state index in [9.17, 15) is 0 Å². The molecule has 0 spiro atoms. The van der Waals surface area contributed by atoms with E-state index in [0.29, 0.717) is 12.4 Å². The summed E-state index contributed by atoms with van der Waals surface area (Å²) in [6.07, 6.45) is 2.90. The van der Waals surface area contributed by atoms with Crippen molar-refractivity contribution >= 4 is 15.9 Å². The van der Waals surface area contributed by atoms with E-state index in [1.807, 2.05) is 20.0 Å². The number of nitrogens with zero attached hydrogens (tertiary/aromatic N) is 4. The molecule has 2 aromatic rings. The van der Waals surface area contributed by atoms with E-state index in [-0.39, 0.29) is 4.83 Å². The number of oxazole rings is 1. The highest BCUT2D eigenvalue weighted by molar-refractivity contribution is 9.09. The van der Waals surface area contributed by atoms with Gasteiger partial charge in [0.15, 0.2) is 0 Å². The minimum Gasteiger partial charge on any atom is -0.444 e. The molecule has 0 amide bonds. The van der Waals surface area contributed by atoms with Gasteiger partial charge in [0.25, 0.3) is 0 Å². The van der Waals surface area contributed by atoms with Crippen molar-refractivity contribution in [2.75, 3.05) is 0 Å². The molecule has 0 saturated carbocycles. The molecule has 0 radical (unpaired) electrons. The van der Waals surface area contributed by atoms with Gasteiger partial charge < -0.3 is 4.42 Å². The lowest BCUT2D eigenvalue weighted by molar-refractivity contribution is 0.442. The molecule has 17 heavy (non-hydrogen) atoms. The van der Waals surface area contributed by atoms with Crippen molar-refractivity contribution in [2.45, 2.75) is 38.6 Å². The second-order valence-electron chi connectivity index (χ2n) is 3.97. The summed E-state index contributed by atoms with van der Waals surface area (Å²) >= 11 is 3.54. The zero-order chi connectivity index (χ0) is 12.4. The van der Waals surface area contributed by atoms with Gasteiger partial charge in [-0.25, -0.2) is 9.67 Å². The Morgan fingerprint density at radius 3 is 2.82 bits per heavy atom. The molecule has 0 bridgehead atoms. The van der Waals surface area contributed by atoms with Crippen LogP contribution in [0, 0.1) is 13.8 Å². The van der Waals surface area contributed by atoms with Crippen LogP contribution < -0.4 is 0 Å². The third kappa shape index (κ3) is 2.74. The lowest BCUT2D eigenvalue weighted by Gasteiger charge is -1.98. The first-order valence-electron chi connectivity index (χ1n) is 5.57. The van der Waals surface area contributed by atoms with Gasteiger partial charge in [0.1, 0.15) is 12.3 Å². The molecule has 0 saturated heterocycles. The Bertz CT molecular complexity index is 486. The number of hydrogen-bond donors (Lipinski definition) is 0. The first-order valence-corrected chi connectivity index (χ1v) is 6.48. The Labute approximate surface area is 108 Å². The number of halogens is 1. The molecule has 1 atom stereocenters. The highest BCUT2D eigenvalue weighted by Gasteiger charge is 2.11. The first-order chi connectivity index (χ1) is 8.10. The summed E-state index contributed by atoms with van der Waals surface area (Å²) in [6, 6.07) is 0. The van der Waals surface area contributed by atoms with E-state index in [0.717, 1.165) is 23.6 Å². The quantitative estimate of drug-likeness (QED) is 0.815. The van der Waals surface area contributed by atoms with Crippen LogP contribution in [0.5, 0.6) is 0 Å². The predicted octanol–water partition coefficient (Wildman–Crippen LogP) is 2.78. The van der Waals surface area contributed by atoms with E-state index in [2.05, 4.69) is 38.1 Å². The van der Waals surface area contributed by atoms with Crippen LogP contribution in [0.25, 0.3) is 0 Å². The second-order valence-corrected chi connectivity index (χ2v) is 5.07. The lowest BCUT2D eigenvalue weighted by atomic mass is 10.3. The molecule has 0 aliphatic heterocycles. The molecule has 2 heterocycles. The summed E-state index contributed by atoms with van der Waals surface area (Å²) in [5, 5.41) is 8.17. The molecular formula is C11H15BrN4O. The minimum atomic E-state index is 0.254. The summed E-state index contributed by atoms with van der Waals surface area (Å²) in [4.78, 5) is 4.57. The number of alkyl halides is 1. The summed E-state index contributed by atoms with van der Waals surface area (Å²) in [5.41, 5.74) is 1.86. The van der Waals surface area contributed by atoms with Crippen LogP contribution in [0.1, 0.15) is 41.2 Å². The highest BCUT2D eigenvalue weighted by Crippen LogP contribution is 2.23. The third-order valence-electron chi connectivity index (χ3n) is 2.61. The van der Waals surface area contributed by atoms with Gasteiger partial charge in [-0.15, -0.1) is 5.10 Å². The van der Waals surface area contributed by atoms with Gasteiger partial charge in [-0.2, -0.15) is 0 Å². The zero-order valence-electron chi connectivity index (χ0n) is 10.1. The maximum Gasteiger partial charge on any atom is 0.216 e. The molecule has 0 N–H and O–H groups in total. The number of hydrogen-bond acceptors (Lipinski definition) is 4. The molecule has 0 fully saturated rings. The number of rotatable bonds is 4. The Morgan fingerprint density at radius 2 is 2.24 bits per heavy atom. The largest absolute Gasteiger partial charge is 0.444 e. The zero-order valence-corrected chi connectivity index (χ0v) is 11.7. The van der Waals surface area contributed by atoms with Crippen LogP contribution >= 0.6 is 15.9 Å². The predicted molar refractivity (Wildman–Crippen MR) is 67.1 cm³/mol. The molecular weight excluding hydrogens is 284 g/mol. The van der Waals surface area contributed by atoms with Crippen LogP contribution in [0.3, 0.4) is 0 Å². The van der Waals surface area contributed by atoms with Crippen molar-refractivity contribution in [1.29, 1.82) is 0 Å². The topological polar surface area (TPSA) is 56.7 Å². The highest BCUT2D eigenvalue weighted by atomic mass is 79.9. The Hall–Kier alpha value is -1.17. The first kappa shape index (κ1) is 12.3. The molecule has 0 aliphatic rings. The monoisotopic (exact) mass is 298 g/mol. The molecule has 6 heteroatoms. The maximum atomic E-state index is 5.50. The van der Waals surface area contributed by atoms with Crippen molar-refractivity contribution in [2.24, 2.45) is 0 Å². The van der Waals surface area contributed by atoms with Crippen LogP contribution in [-0.4, -0.2) is 20.0 Å². The average Bonchev–Trinajstić information content (AvgIpc) is 2.87. The molecule has 5 nitrogen and oxygen atoms in total. The lowest BCUT2D eigenvalue weighted by Crippen LogP contribution is -2.00. The molecule has 2 aromatic heterocycles.